The van der Waals surface area contributed by atoms with Crippen molar-refractivity contribution in [2.75, 3.05) is 13.1 Å². The number of aromatic nitrogens is 2. The Morgan fingerprint density at radius 3 is 2.43 bits per heavy atom. The average Bonchev–Trinajstić information content (AvgIpc) is 3.03. The number of hydrogen-bond acceptors (Lipinski definition) is 5. The zero-order valence-electron chi connectivity index (χ0n) is 14.3. The van der Waals surface area contributed by atoms with Gasteiger partial charge in [-0.15, -0.1) is 0 Å². The smallest absolute Gasteiger partial charge is 0.262 e. The van der Waals surface area contributed by atoms with Gasteiger partial charge >= 0.3 is 0 Å². The summed E-state index contributed by atoms with van der Waals surface area (Å²) < 4.78 is 67.3. The third kappa shape index (κ3) is 3.18. The highest BCUT2D eigenvalue weighted by atomic mass is 32.2. The second-order valence-electron chi connectivity index (χ2n) is 6.52. The molecule has 1 N–H and O–H groups in total. The average molecular weight is 409 g/mol. The molecule has 0 radical (unpaired) electrons. The van der Waals surface area contributed by atoms with Crippen LogP contribution < -0.4 is 0 Å². The van der Waals surface area contributed by atoms with Gasteiger partial charge in [-0.3, -0.25) is 0 Å². The highest BCUT2D eigenvalue weighted by Crippen LogP contribution is 2.37. The minimum absolute atomic E-state index is 0.0499. The third-order valence-corrected chi connectivity index (χ3v) is 6.47. The van der Waals surface area contributed by atoms with Crippen LogP contribution in [0, 0.1) is 5.82 Å². The number of nitrogens with zero attached hydrogens (tertiary/aromatic N) is 3. The predicted molar refractivity (Wildman–Crippen MR) is 94.9 cm³/mol. The maximum atomic E-state index is 13.6. The molecule has 0 aliphatic carbocycles. The van der Waals surface area contributed by atoms with Crippen molar-refractivity contribution in [3.8, 4) is 17.0 Å². The summed E-state index contributed by atoms with van der Waals surface area (Å²) in [5.41, 5.74) is 0.755. The van der Waals surface area contributed by atoms with Gasteiger partial charge in [0.15, 0.2) is 0 Å². The molecule has 1 fully saturated rings. The van der Waals surface area contributed by atoms with E-state index in [1.165, 1.54) is 36.4 Å². The van der Waals surface area contributed by atoms with E-state index in [1.54, 1.807) is 0 Å². The first-order valence-corrected chi connectivity index (χ1v) is 9.73. The van der Waals surface area contributed by atoms with Crippen LogP contribution in [0.4, 0.5) is 13.2 Å². The van der Waals surface area contributed by atoms with Crippen molar-refractivity contribution < 1.29 is 26.7 Å². The van der Waals surface area contributed by atoms with E-state index in [-0.39, 0.29) is 22.3 Å². The molecule has 10 heteroatoms. The van der Waals surface area contributed by atoms with Gasteiger partial charge in [-0.25, -0.2) is 31.6 Å². The van der Waals surface area contributed by atoms with E-state index >= 15 is 0 Å². The van der Waals surface area contributed by atoms with Crippen molar-refractivity contribution in [1.29, 1.82) is 0 Å². The van der Waals surface area contributed by atoms with Gasteiger partial charge in [0.05, 0.1) is 17.4 Å². The summed E-state index contributed by atoms with van der Waals surface area (Å²) in [4.78, 5) is 7.28. The van der Waals surface area contributed by atoms with Crippen LogP contribution in [0.15, 0.2) is 47.6 Å². The van der Waals surface area contributed by atoms with E-state index in [9.17, 15) is 26.7 Å². The molecule has 3 aromatic rings. The Hall–Kier alpha value is -2.72. The number of aromatic hydroxyl groups is 1. The van der Waals surface area contributed by atoms with Crippen molar-refractivity contribution in [2.45, 2.75) is 17.2 Å². The number of halogens is 3. The molecule has 28 heavy (non-hydrogen) atoms. The fourth-order valence-corrected chi connectivity index (χ4v) is 4.83. The maximum Gasteiger partial charge on any atom is 0.262 e. The lowest BCUT2D eigenvalue weighted by Gasteiger charge is -2.18. The van der Waals surface area contributed by atoms with Crippen molar-refractivity contribution in [3.05, 3.63) is 48.5 Å². The normalized spacial score (nSPS) is 17.2. The van der Waals surface area contributed by atoms with Crippen LogP contribution >= 0.6 is 0 Å². The van der Waals surface area contributed by atoms with Crippen LogP contribution in [-0.4, -0.2) is 46.8 Å². The molecular weight excluding hydrogens is 395 g/mol. The molecule has 146 valence electrons. The Morgan fingerprint density at radius 1 is 1.07 bits per heavy atom. The second kappa shape index (κ2) is 6.42. The van der Waals surface area contributed by atoms with Gasteiger partial charge in [0, 0.05) is 13.0 Å². The second-order valence-corrected chi connectivity index (χ2v) is 8.43. The predicted octanol–water partition coefficient (Wildman–Crippen LogP) is 3.17. The molecule has 0 amide bonds. The van der Waals surface area contributed by atoms with Crippen LogP contribution in [0.25, 0.3) is 22.0 Å². The summed E-state index contributed by atoms with van der Waals surface area (Å²) >= 11 is 0. The van der Waals surface area contributed by atoms with E-state index in [0.717, 1.165) is 6.33 Å². The molecular formula is C18H14F3N3O3S. The van der Waals surface area contributed by atoms with Crippen molar-refractivity contribution in [3.63, 3.8) is 0 Å². The zero-order valence-corrected chi connectivity index (χ0v) is 15.1. The third-order valence-electron chi connectivity index (χ3n) is 4.61. The molecule has 4 rings (SSSR count). The SMILES string of the molecule is O=S(=O)(c1cc(-c2ccc(F)cc2)cc2c(O)ncnc12)N1CCC(F)(F)C1. The Bertz CT molecular complexity index is 1170. The highest BCUT2D eigenvalue weighted by molar-refractivity contribution is 7.89. The van der Waals surface area contributed by atoms with Gasteiger partial charge in [-0.1, -0.05) is 12.1 Å². The molecule has 2 aromatic carbocycles. The van der Waals surface area contributed by atoms with Crippen molar-refractivity contribution in [2.24, 2.45) is 0 Å². The lowest BCUT2D eigenvalue weighted by atomic mass is 10.0. The molecule has 1 aliphatic rings. The number of sulfonamides is 1. The summed E-state index contributed by atoms with van der Waals surface area (Å²) in [6, 6.07) is 8.05. The first kappa shape index (κ1) is 18.6. The molecule has 2 heterocycles. The highest BCUT2D eigenvalue weighted by Gasteiger charge is 2.44. The van der Waals surface area contributed by atoms with Gasteiger partial charge < -0.3 is 5.11 Å². The van der Waals surface area contributed by atoms with Crippen molar-refractivity contribution >= 4 is 20.9 Å². The summed E-state index contributed by atoms with van der Waals surface area (Å²) in [7, 11) is -4.31. The monoisotopic (exact) mass is 409 g/mol. The first-order chi connectivity index (χ1) is 13.2. The van der Waals surface area contributed by atoms with E-state index in [1.807, 2.05) is 0 Å². The van der Waals surface area contributed by atoms with Gasteiger partial charge in [0.1, 0.15) is 17.0 Å². The molecule has 1 aliphatic heterocycles. The molecule has 0 saturated carbocycles. The topological polar surface area (TPSA) is 83.4 Å². The Kier molecular flexibility index (Phi) is 4.27. The molecule has 0 bridgehead atoms. The van der Waals surface area contributed by atoms with Gasteiger partial charge in [-0.05, 0) is 35.4 Å². The first-order valence-electron chi connectivity index (χ1n) is 8.29. The van der Waals surface area contributed by atoms with Crippen LogP contribution in [0.2, 0.25) is 0 Å². The number of alkyl halides is 2. The van der Waals surface area contributed by atoms with Crippen LogP contribution in [0.3, 0.4) is 0 Å². The molecule has 0 unspecified atom stereocenters. The summed E-state index contributed by atoms with van der Waals surface area (Å²) in [5.74, 6) is -4.02. The number of fused-ring (bicyclic) bond motifs is 1. The van der Waals surface area contributed by atoms with E-state index in [2.05, 4.69) is 9.97 Å². The van der Waals surface area contributed by atoms with E-state index in [4.69, 9.17) is 0 Å². The Morgan fingerprint density at radius 2 is 1.79 bits per heavy atom. The fourth-order valence-electron chi connectivity index (χ4n) is 3.18. The standard InChI is InChI=1S/C18H14F3N3O3S/c19-13-3-1-11(2-4-13)12-7-14-16(22-10-23-17(14)25)15(8-12)28(26,27)24-6-5-18(20,21)9-24/h1-4,7-8,10H,5-6,9H2,(H,22,23,25). The Balaban J connectivity index is 1.94. The lowest BCUT2D eigenvalue weighted by molar-refractivity contribution is 0.0183. The zero-order chi connectivity index (χ0) is 20.1. The van der Waals surface area contributed by atoms with Gasteiger partial charge in [-0.2, -0.15) is 4.31 Å². The van der Waals surface area contributed by atoms with Crippen LogP contribution in [0.5, 0.6) is 5.88 Å². The molecule has 1 saturated heterocycles. The number of benzene rings is 2. The Labute approximate surface area is 158 Å². The minimum Gasteiger partial charge on any atom is -0.493 e. The molecule has 1 aromatic heterocycles. The van der Waals surface area contributed by atoms with Crippen molar-refractivity contribution in [1.82, 2.24) is 14.3 Å². The largest absolute Gasteiger partial charge is 0.493 e. The summed E-state index contributed by atoms with van der Waals surface area (Å²) in [6.45, 7) is -1.25. The van der Waals surface area contributed by atoms with E-state index < -0.39 is 40.6 Å². The van der Waals surface area contributed by atoms with Gasteiger partial charge in [0.25, 0.3) is 5.92 Å². The summed E-state index contributed by atoms with van der Waals surface area (Å²) in [6.07, 6.45) is 0.425. The van der Waals surface area contributed by atoms with Crippen LogP contribution in [-0.2, 0) is 10.0 Å². The van der Waals surface area contributed by atoms with E-state index in [0.29, 0.717) is 15.4 Å². The molecule has 6 nitrogen and oxygen atoms in total. The quantitative estimate of drug-likeness (QED) is 0.719. The lowest BCUT2D eigenvalue weighted by Crippen LogP contribution is -2.31. The maximum absolute atomic E-state index is 13.6. The molecule has 0 atom stereocenters. The van der Waals surface area contributed by atoms with Gasteiger partial charge in [0.2, 0.25) is 15.9 Å². The minimum atomic E-state index is -4.31. The summed E-state index contributed by atoms with van der Waals surface area (Å²) in [5, 5.41) is 10.1. The number of hydrogen-bond donors (Lipinski definition) is 1. The molecule has 0 spiro atoms. The van der Waals surface area contributed by atoms with Crippen LogP contribution in [0.1, 0.15) is 6.42 Å². The number of rotatable bonds is 3. The fraction of sp³-hybridized carbons (Fsp3) is 0.222.